The normalized spacial score (nSPS) is 23.2. The third kappa shape index (κ3) is 2.79. The van der Waals surface area contributed by atoms with Crippen molar-refractivity contribution in [3.05, 3.63) is 18.0 Å². The lowest BCUT2D eigenvalue weighted by molar-refractivity contribution is 0.171. The van der Waals surface area contributed by atoms with Crippen molar-refractivity contribution in [1.82, 2.24) is 14.7 Å². The summed E-state index contributed by atoms with van der Waals surface area (Å²) in [6.07, 6.45) is 6.61. The monoisotopic (exact) mass is 208 g/mol. The summed E-state index contributed by atoms with van der Waals surface area (Å²) >= 11 is 0. The maximum Gasteiger partial charge on any atom is 0.0534 e. The number of aromatic nitrogens is 2. The largest absolute Gasteiger partial charge is 0.330 e. The van der Waals surface area contributed by atoms with E-state index < -0.39 is 0 Å². The molecule has 0 bridgehead atoms. The van der Waals surface area contributed by atoms with Crippen molar-refractivity contribution < 1.29 is 0 Å². The lowest BCUT2D eigenvalue weighted by atomic mass is 9.98. The van der Waals surface area contributed by atoms with Gasteiger partial charge in [0.05, 0.1) is 6.20 Å². The van der Waals surface area contributed by atoms with Crippen LogP contribution in [0.1, 0.15) is 18.4 Å². The van der Waals surface area contributed by atoms with Crippen LogP contribution in [0.3, 0.4) is 0 Å². The average molecular weight is 208 g/mol. The quantitative estimate of drug-likeness (QED) is 0.791. The van der Waals surface area contributed by atoms with Crippen molar-refractivity contribution in [2.75, 3.05) is 19.6 Å². The number of hydrogen-bond donors (Lipinski definition) is 1. The van der Waals surface area contributed by atoms with Gasteiger partial charge in [0, 0.05) is 31.9 Å². The van der Waals surface area contributed by atoms with Crippen molar-refractivity contribution in [1.29, 1.82) is 0 Å². The van der Waals surface area contributed by atoms with Gasteiger partial charge >= 0.3 is 0 Å². The number of rotatable bonds is 3. The molecule has 84 valence electrons. The molecule has 0 aliphatic carbocycles. The Bertz CT molecular complexity index is 307. The summed E-state index contributed by atoms with van der Waals surface area (Å²) in [7, 11) is 1.96. The first-order valence-corrected chi connectivity index (χ1v) is 5.68. The summed E-state index contributed by atoms with van der Waals surface area (Å²) < 4.78 is 1.86. The Morgan fingerprint density at radius 2 is 2.47 bits per heavy atom. The minimum Gasteiger partial charge on any atom is -0.330 e. The van der Waals surface area contributed by atoms with Crippen LogP contribution in [0.2, 0.25) is 0 Å². The van der Waals surface area contributed by atoms with Crippen LogP contribution in [0.15, 0.2) is 12.4 Å². The topological polar surface area (TPSA) is 47.1 Å². The standard InChI is InChI=1S/C11H20N4/c1-14-7-11(6-13-14)9-15-4-2-3-10(5-12)8-15/h6-7,10H,2-5,8-9,12H2,1H3/t10-/m1/s1. The van der Waals surface area contributed by atoms with Crippen molar-refractivity contribution in [3.63, 3.8) is 0 Å². The Morgan fingerprint density at radius 3 is 3.13 bits per heavy atom. The highest BCUT2D eigenvalue weighted by atomic mass is 15.2. The zero-order valence-electron chi connectivity index (χ0n) is 9.39. The molecule has 4 nitrogen and oxygen atoms in total. The lowest BCUT2D eigenvalue weighted by Gasteiger charge is -2.31. The highest BCUT2D eigenvalue weighted by Crippen LogP contribution is 2.17. The van der Waals surface area contributed by atoms with Crippen molar-refractivity contribution in [2.45, 2.75) is 19.4 Å². The summed E-state index contributed by atoms with van der Waals surface area (Å²) in [5.41, 5.74) is 7.02. The number of hydrogen-bond acceptors (Lipinski definition) is 3. The molecule has 0 aromatic carbocycles. The molecule has 0 saturated carbocycles. The van der Waals surface area contributed by atoms with E-state index in [0.717, 1.165) is 19.6 Å². The van der Waals surface area contributed by atoms with E-state index in [9.17, 15) is 0 Å². The molecule has 2 rings (SSSR count). The van der Waals surface area contributed by atoms with Gasteiger partial charge in [-0.3, -0.25) is 9.58 Å². The Hall–Kier alpha value is -0.870. The molecule has 0 amide bonds. The summed E-state index contributed by atoms with van der Waals surface area (Å²) in [6, 6.07) is 0. The molecule has 1 saturated heterocycles. The molecule has 1 aromatic heterocycles. The molecule has 1 aromatic rings. The van der Waals surface area contributed by atoms with Gasteiger partial charge in [-0.1, -0.05) is 0 Å². The first-order chi connectivity index (χ1) is 7.28. The van der Waals surface area contributed by atoms with E-state index in [2.05, 4.69) is 16.2 Å². The molecule has 1 aliphatic heterocycles. The molecule has 4 heteroatoms. The third-order valence-corrected chi connectivity index (χ3v) is 3.10. The van der Waals surface area contributed by atoms with E-state index in [1.54, 1.807) is 0 Å². The Morgan fingerprint density at radius 1 is 1.60 bits per heavy atom. The van der Waals surface area contributed by atoms with Gasteiger partial charge in [-0.15, -0.1) is 0 Å². The molecule has 1 fully saturated rings. The van der Waals surface area contributed by atoms with Crippen molar-refractivity contribution in [2.24, 2.45) is 18.7 Å². The van der Waals surface area contributed by atoms with Crippen LogP contribution in [0.5, 0.6) is 0 Å². The lowest BCUT2D eigenvalue weighted by Crippen LogP contribution is -2.37. The molecule has 2 N–H and O–H groups in total. The fourth-order valence-corrected chi connectivity index (χ4v) is 2.30. The molecule has 0 radical (unpaired) electrons. The molecule has 0 spiro atoms. The molecular weight excluding hydrogens is 188 g/mol. The van der Waals surface area contributed by atoms with Gasteiger partial charge < -0.3 is 5.73 Å². The fraction of sp³-hybridized carbons (Fsp3) is 0.727. The Balaban J connectivity index is 1.88. The van der Waals surface area contributed by atoms with Crippen LogP contribution in [-0.4, -0.2) is 34.3 Å². The van der Waals surface area contributed by atoms with Crippen LogP contribution in [0, 0.1) is 5.92 Å². The summed E-state index contributed by atoms with van der Waals surface area (Å²) in [4.78, 5) is 2.48. The fourth-order valence-electron chi connectivity index (χ4n) is 2.30. The molecule has 1 atom stereocenters. The van der Waals surface area contributed by atoms with Gasteiger partial charge in [-0.2, -0.15) is 5.10 Å². The molecule has 2 heterocycles. The van der Waals surface area contributed by atoms with Crippen molar-refractivity contribution >= 4 is 0 Å². The van der Waals surface area contributed by atoms with Gasteiger partial charge in [0.1, 0.15) is 0 Å². The second kappa shape index (κ2) is 4.77. The number of aryl methyl sites for hydroxylation is 1. The smallest absolute Gasteiger partial charge is 0.0534 e. The number of nitrogens with two attached hydrogens (primary N) is 1. The minimum absolute atomic E-state index is 0.690. The van der Waals surface area contributed by atoms with Crippen LogP contribution < -0.4 is 5.73 Å². The van der Waals surface area contributed by atoms with E-state index in [4.69, 9.17) is 5.73 Å². The Kier molecular flexibility index (Phi) is 3.38. The summed E-state index contributed by atoms with van der Waals surface area (Å²) in [5.74, 6) is 0.690. The van der Waals surface area contributed by atoms with Gasteiger partial charge in [-0.25, -0.2) is 0 Å². The molecular formula is C11H20N4. The van der Waals surface area contributed by atoms with Gasteiger partial charge in [0.15, 0.2) is 0 Å². The van der Waals surface area contributed by atoms with Crippen LogP contribution >= 0.6 is 0 Å². The predicted octanol–water partition coefficient (Wildman–Crippen LogP) is 0.591. The number of piperidine rings is 1. The van der Waals surface area contributed by atoms with E-state index in [1.807, 2.05) is 17.9 Å². The first kappa shape index (κ1) is 10.6. The summed E-state index contributed by atoms with van der Waals surface area (Å²) in [6.45, 7) is 4.19. The van der Waals surface area contributed by atoms with E-state index >= 15 is 0 Å². The van der Waals surface area contributed by atoms with Crippen LogP contribution in [-0.2, 0) is 13.6 Å². The third-order valence-electron chi connectivity index (χ3n) is 3.10. The Labute approximate surface area is 91.1 Å². The number of likely N-dealkylation sites (tertiary alicyclic amines) is 1. The highest BCUT2D eigenvalue weighted by Gasteiger charge is 2.18. The minimum atomic E-state index is 0.690. The second-order valence-electron chi connectivity index (χ2n) is 4.50. The maximum atomic E-state index is 5.72. The molecule has 1 aliphatic rings. The van der Waals surface area contributed by atoms with Gasteiger partial charge in [0.25, 0.3) is 0 Å². The zero-order chi connectivity index (χ0) is 10.7. The predicted molar refractivity (Wildman–Crippen MR) is 60.3 cm³/mol. The van der Waals surface area contributed by atoms with Gasteiger partial charge in [0.2, 0.25) is 0 Å². The van der Waals surface area contributed by atoms with E-state index in [0.29, 0.717) is 5.92 Å². The van der Waals surface area contributed by atoms with Crippen LogP contribution in [0.25, 0.3) is 0 Å². The summed E-state index contributed by atoms with van der Waals surface area (Å²) in [5, 5.41) is 4.19. The first-order valence-electron chi connectivity index (χ1n) is 5.68. The van der Waals surface area contributed by atoms with Crippen molar-refractivity contribution in [3.8, 4) is 0 Å². The average Bonchev–Trinajstić information content (AvgIpc) is 2.64. The van der Waals surface area contributed by atoms with Crippen LogP contribution in [0.4, 0.5) is 0 Å². The molecule has 0 unspecified atom stereocenters. The second-order valence-corrected chi connectivity index (χ2v) is 4.50. The SMILES string of the molecule is Cn1cc(CN2CCC[C@H](CN)C2)cn1. The maximum absolute atomic E-state index is 5.72. The zero-order valence-corrected chi connectivity index (χ0v) is 9.39. The van der Waals surface area contributed by atoms with E-state index in [1.165, 1.54) is 24.9 Å². The highest BCUT2D eigenvalue weighted by molar-refractivity contribution is 5.03. The van der Waals surface area contributed by atoms with E-state index in [-0.39, 0.29) is 0 Å². The van der Waals surface area contributed by atoms with Gasteiger partial charge in [-0.05, 0) is 31.8 Å². The number of nitrogens with zero attached hydrogens (tertiary/aromatic N) is 3. The molecule has 15 heavy (non-hydrogen) atoms.